The van der Waals surface area contributed by atoms with Gasteiger partial charge in [-0.25, -0.2) is 20.0 Å². The summed E-state index contributed by atoms with van der Waals surface area (Å²) in [6.07, 6.45) is 17.4. The normalized spacial score (nSPS) is 17.3. The lowest BCUT2D eigenvalue weighted by molar-refractivity contribution is 0.567. The van der Waals surface area contributed by atoms with Crippen molar-refractivity contribution in [3.8, 4) is 22.9 Å². The third-order valence-corrected chi connectivity index (χ3v) is 29.6. The van der Waals surface area contributed by atoms with Gasteiger partial charge in [-0.2, -0.15) is 0 Å². The highest BCUT2D eigenvalue weighted by atomic mass is 28.3. The molecule has 0 spiro atoms. The minimum Gasteiger partial charge on any atom is -0.247 e. The fourth-order valence-corrected chi connectivity index (χ4v) is 22.8. The zero-order chi connectivity index (χ0) is 56.4. The van der Waals surface area contributed by atoms with Crippen LogP contribution < -0.4 is 0 Å². The van der Waals surface area contributed by atoms with Crippen molar-refractivity contribution in [1.29, 1.82) is 0 Å². The maximum absolute atomic E-state index is 5.69. The minimum atomic E-state index is -2.20. The smallest absolute Gasteiger partial charge is 0.146 e. The lowest BCUT2D eigenvalue weighted by Crippen LogP contribution is -2.43. The van der Waals surface area contributed by atoms with Gasteiger partial charge in [0.25, 0.3) is 0 Å². The molecule has 6 heteroatoms. The summed E-state index contributed by atoms with van der Waals surface area (Å²) in [5.74, 6) is 7.84. The topological polar surface area (TPSA) is 49.4 Å². The first kappa shape index (κ1) is 58.3. The van der Waals surface area contributed by atoms with E-state index in [1.165, 1.54) is 22.3 Å². The molecular weight excluding hydrogens is 953 g/mol. The summed E-state index contributed by atoms with van der Waals surface area (Å²) in [4.78, 5) is 22.7. The molecule has 7 rings (SSSR count). The van der Waals surface area contributed by atoms with Crippen LogP contribution in [0.15, 0.2) is 139 Å². The molecule has 5 aliphatic heterocycles. The van der Waals surface area contributed by atoms with Crippen LogP contribution in [0.4, 0.5) is 0 Å². The molecule has 400 valence electrons. The van der Waals surface area contributed by atoms with E-state index in [-0.39, 0.29) is 21.7 Å². The van der Waals surface area contributed by atoms with Crippen LogP contribution in [0.2, 0.25) is 33.2 Å². The molecule has 4 nitrogen and oxygen atoms in total. The number of hydrogen-bond donors (Lipinski definition) is 0. The molecule has 0 saturated carbocycles. The second-order valence-electron chi connectivity index (χ2n) is 28.3. The van der Waals surface area contributed by atoms with Crippen molar-refractivity contribution in [3.63, 3.8) is 0 Å². The van der Waals surface area contributed by atoms with E-state index < -0.39 is 16.1 Å². The van der Waals surface area contributed by atoms with Crippen molar-refractivity contribution in [2.45, 2.75) is 221 Å². The van der Waals surface area contributed by atoms with Gasteiger partial charge in [0, 0.05) is 11.1 Å². The van der Waals surface area contributed by atoms with Crippen molar-refractivity contribution >= 4 is 50.1 Å². The molecule has 0 aromatic heterocycles. The molecule has 0 saturated heterocycles. The highest BCUT2D eigenvalue weighted by molar-refractivity contribution is 6.91. The van der Waals surface area contributed by atoms with E-state index in [0.717, 1.165) is 79.1 Å². The Morgan fingerprint density at radius 3 is 0.803 bits per heavy atom. The standard InChI is InChI=1S/C70H92N4Si2/c1-43(2)75(44(3)4,45(5)6)35-33-55-57-25-29-61(71-57)65(49-37-51(67(13,14)15)41-52(38-49)68(16,17)18)63-31-27-59(73-63)56(34-36-76(46(7)8,47(9)10)48(11)12)60-28-32-64(74-60)66(62-30-26-58(55)72-62)50-39-53(69(19,20)21)42-54(40-50)70(22,23)24/h25-32,37-48H,1-24H3. The van der Waals surface area contributed by atoms with E-state index in [9.17, 15) is 0 Å². The lowest BCUT2D eigenvalue weighted by atomic mass is 9.78. The SMILES string of the molecule is CC(C)[Si](C#CC1=C2C=CC(=N2)C(c2cc(C(C)(C)C)cc(C(C)(C)C)c2)=C2C=CC(=N2)C(C#C[Si](C(C)C)(C(C)C)C(C)C)=C2C=CC(=N2)C(c2cc(C(C)(C)C)cc(C(C)(C)C)c2)=C2C=CC1=N2)(C(C)C)C(C)C. The Balaban J connectivity index is 1.69. The van der Waals surface area contributed by atoms with Crippen LogP contribution in [0.25, 0.3) is 11.1 Å². The molecule has 0 unspecified atom stereocenters. The average Bonchev–Trinajstić information content (AvgIpc) is 4.15. The quantitative estimate of drug-likeness (QED) is 0.187. The van der Waals surface area contributed by atoms with E-state index in [1.54, 1.807) is 0 Å². The van der Waals surface area contributed by atoms with Gasteiger partial charge in [-0.05, 0) is 137 Å². The van der Waals surface area contributed by atoms with Crippen LogP contribution in [0, 0.1) is 22.9 Å². The molecule has 76 heavy (non-hydrogen) atoms. The molecule has 0 atom stereocenters. The Labute approximate surface area is 463 Å². The summed E-state index contributed by atoms with van der Waals surface area (Å²) in [5, 5.41) is 0. The maximum atomic E-state index is 5.69. The summed E-state index contributed by atoms with van der Waals surface area (Å²) < 4.78 is 0. The van der Waals surface area contributed by atoms with E-state index in [2.05, 4.69) is 274 Å². The summed E-state index contributed by atoms with van der Waals surface area (Å²) in [6.45, 7) is 56.3. The highest BCUT2D eigenvalue weighted by Gasteiger charge is 2.43. The molecule has 0 fully saturated rings. The summed E-state index contributed by atoms with van der Waals surface area (Å²) in [6, 6.07) is 14.3. The first-order chi connectivity index (χ1) is 35.1. The monoisotopic (exact) mass is 1040 g/mol. The largest absolute Gasteiger partial charge is 0.247 e. The maximum Gasteiger partial charge on any atom is 0.146 e. The van der Waals surface area contributed by atoms with Crippen molar-refractivity contribution in [2.24, 2.45) is 20.0 Å². The number of aliphatic imine (C=N–C) groups is 4. The fourth-order valence-electron chi connectivity index (χ4n) is 12.4. The Morgan fingerprint density at radius 2 is 0.553 bits per heavy atom. The van der Waals surface area contributed by atoms with Crippen LogP contribution in [0.1, 0.15) is 200 Å². The Morgan fingerprint density at radius 1 is 0.316 bits per heavy atom. The predicted octanol–water partition coefficient (Wildman–Crippen LogP) is 19.0. The van der Waals surface area contributed by atoms with E-state index in [0.29, 0.717) is 33.2 Å². The van der Waals surface area contributed by atoms with Gasteiger partial charge < -0.3 is 0 Å². The number of nitrogens with zero attached hydrogens (tertiary/aromatic N) is 4. The fraction of sp³-hybridized carbons (Fsp3) is 0.486. The van der Waals surface area contributed by atoms with Gasteiger partial charge in [0.1, 0.15) is 16.1 Å². The van der Waals surface area contributed by atoms with Crippen molar-refractivity contribution in [3.05, 3.63) is 152 Å². The molecule has 2 aromatic rings. The van der Waals surface area contributed by atoms with Crippen molar-refractivity contribution in [2.75, 3.05) is 0 Å². The van der Waals surface area contributed by atoms with Crippen molar-refractivity contribution in [1.82, 2.24) is 0 Å². The van der Waals surface area contributed by atoms with Crippen molar-refractivity contribution < 1.29 is 0 Å². The summed E-state index contributed by atoms with van der Waals surface area (Å²) in [5.41, 5.74) is 28.2. The highest BCUT2D eigenvalue weighted by Crippen LogP contribution is 2.44. The molecule has 0 amide bonds. The van der Waals surface area contributed by atoms with E-state index in [1.807, 2.05) is 0 Å². The number of allylic oxidation sites excluding steroid dienone is 12. The zero-order valence-corrected chi connectivity index (χ0v) is 53.3. The predicted molar refractivity (Wildman–Crippen MR) is 340 cm³/mol. The first-order valence-electron chi connectivity index (χ1n) is 28.6. The van der Waals surface area contributed by atoms with Crippen LogP contribution >= 0.6 is 0 Å². The first-order valence-corrected chi connectivity index (χ1v) is 33.0. The molecule has 5 aliphatic rings. The molecule has 5 heterocycles. The molecule has 8 bridgehead atoms. The Hall–Kier alpha value is -5.41. The summed E-state index contributed by atoms with van der Waals surface area (Å²) in [7, 11) is -4.40. The van der Waals surface area contributed by atoms with Crippen LogP contribution in [0.5, 0.6) is 0 Å². The lowest BCUT2D eigenvalue weighted by Gasteiger charge is -2.38. The number of fused-ring (bicyclic) bond motifs is 4. The van der Waals surface area contributed by atoms with Gasteiger partial charge >= 0.3 is 0 Å². The van der Waals surface area contributed by atoms with Gasteiger partial charge in [0.15, 0.2) is 0 Å². The van der Waals surface area contributed by atoms with Crippen LogP contribution in [0.3, 0.4) is 0 Å². The Bertz CT molecular complexity index is 2900. The van der Waals surface area contributed by atoms with Crippen LogP contribution in [-0.2, 0) is 21.7 Å². The van der Waals surface area contributed by atoms with Gasteiger partial charge in [-0.3, -0.25) is 0 Å². The minimum absolute atomic E-state index is 0.100. The zero-order valence-electron chi connectivity index (χ0n) is 51.3. The molecule has 2 aromatic carbocycles. The average molecular weight is 1050 g/mol. The van der Waals surface area contributed by atoms with E-state index in [4.69, 9.17) is 20.0 Å². The number of benzene rings is 2. The van der Waals surface area contributed by atoms with Crippen LogP contribution in [-0.4, -0.2) is 39.0 Å². The molecular formula is C70H92N4Si2. The van der Waals surface area contributed by atoms with E-state index >= 15 is 0 Å². The number of hydrogen-bond acceptors (Lipinski definition) is 4. The summed E-state index contributed by atoms with van der Waals surface area (Å²) >= 11 is 0. The molecule has 0 aliphatic carbocycles. The van der Waals surface area contributed by atoms with Gasteiger partial charge in [-0.15, -0.1) is 11.1 Å². The van der Waals surface area contributed by atoms with Gasteiger partial charge in [0.05, 0.1) is 56.8 Å². The van der Waals surface area contributed by atoms with Gasteiger partial charge in [0.2, 0.25) is 0 Å². The van der Waals surface area contributed by atoms with Gasteiger partial charge in [-0.1, -0.05) is 214 Å². The third-order valence-electron chi connectivity index (χ3n) is 17.1. The second kappa shape index (κ2) is 21.1. The third kappa shape index (κ3) is 11.3. The second-order valence-corrected chi connectivity index (χ2v) is 39.4. The Kier molecular flexibility index (Phi) is 16.2. The molecule has 0 radical (unpaired) electrons. The molecule has 0 N–H and O–H groups in total. The number of rotatable bonds is 8.